The molecule has 0 bridgehead atoms. The van der Waals surface area contributed by atoms with Crippen molar-refractivity contribution in [1.82, 2.24) is 10.2 Å². The number of allylic oxidation sites excluding steroid dienone is 2. The average Bonchev–Trinajstić information content (AvgIpc) is 2.58. The number of nitriles is 3. The summed E-state index contributed by atoms with van der Waals surface area (Å²) in [5.74, 6) is 0.531. The minimum absolute atomic E-state index is 0.0979. The van der Waals surface area contributed by atoms with Gasteiger partial charge in [0, 0.05) is 11.4 Å². The quantitative estimate of drug-likeness (QED) is 0.829. The maximum atomic E-state index is 8.98. The molecule has 8 heteroatoms. The lowest BCUT2D eigenvalue weighted by molar-refractivity contribution is 1.04. The third-order valence-electron chi connectivity index (χ3n) is 2.64. The summed E-state index contributed by atoms with van der Waals surface area (Å²) in [6, 6.07) is 15.3. The molecule has 1 aromatic heterocycles. The Morgan fingerprint density at radius 1 is 0.870 bits per heavy atom. The molecule has 1 aromatic carbocycles. The Morgan fingerprint density at radius 3 is 2.04 bits per heavy atom. The van der Waals surface area contributed by atoms with E-state index in [0.717, 1.165) is 5.69 Å². The molecule has 110 valence electrons. The molecule has 2 rings (SSSR count). The Balaban J connectivity index is 2.13. The van der Waals surface area contributed by atoms with Gasteiger partial charge in [0.15, 0.2) is 16.5 Å². The summed E-state index contributed by atoms with van der Waals surface area (Å²) in [4.78, 5) is 0. The molecule has 0 amide bonds. The Labute approximate surface area is 137 Å². The van der Waals surface area contributed by atoms with Gasteiger partial charge < -0.3 is 10.6 Å². The monoisotopic (exact) mass is 321 g/mol. The van der Waals surface area contributed by atoms with Gasteiger partial charge in [0.25, 0.3) is 0 Å². The molecular formula is C15H8ClN7. The summed E-state index contributed by atoms with van der Waals surface area (Å²) in [5.41, 5.74) is 0.943. The molecule has 0 radical (unpaired) electrons. The molecule has 1 heterocycles. The summed E-state index contributed by atoms with van der Waals surface area (Å²) in [7, 11) is 0. The second-order valence-corrected chi connectivity index (χ2v) is 4.54. The zero-order valence-electron chi connectivity index (χ0n) is 11.6. The number of hydrogen-bond acceptors (Lipinski definition) is 7. The van der Waals surface area contributed by atoms with Crippen molar-refractivity contribution in [2.75, 3.05) is 10.6 Å². The van der Waals surface area contributed by atoms with Crippen LogP contribution in [0.5, 0.6) is 0 Å². The fraction of sp³-hybridized carbons (Fsp3) is 0. The second-order valence-electron chi connectivity index (χ2n) is 4.15. The Bertz CT molecular complexity index is 833. The summed E-state index contributed by atoms with van der Waals surface area (Å²) in [6.07, 6.45) is 0. The van der Waals surface area contributed by atoms with Crippen LogP contribution in [-0.2, 0) is 0 Å². The zero-order chi connectivity index (χ0) is 16.7. The Morgan fingerprint density at radius 2 is 1.52 bits per heavy atom. The van der Waals surface area contributed by atoms with Crippen molar-refractivity contribution in [1.29, 1.82) is 15.8 Å². The number of rotatable bonds is 4. The van der Waals surface area contributed by atoms with Crippen LogP contribution >= 0.6 is 11.6 Å². The maximum Gasteiger partial charge on any atom is 0.163 e. The highest BCUT2D eigenvalue weighted by atomic mass is 35.5. The van der Waals surface area contributed by atoms with Crippen molar-refractivity contribution in [3.05, 3.63) is 52.8 Å². The molecule has 2 aromatic rings. The summed E-state index contributed by atoms with van der Waals surface area (Å²) in [5, 5.41) is 40.2. The van der Waals surface area contributed by atoms with Gasteiger partial charge in [-0.1, -0.05) is 11.6 Å². The number of nitrogens with zero attached hydrogens (tertiary/aromatic N) is 5. The van der Waals surface area contributed by atoms with Crippen molar-refractivity contribution in [2.45, 2.75) is 0 Å². The number of halogens is 1. The van der Waals surface area contributed by atoms with E-state index < -0.39 is 0 Å². The van der Waals surface area contributed by atoms with Gasteiger partial charge in [-0.15, -0.1) is 10.2 Å². The third-order valence-corrected chi connectivity index (χ3v) is 2.85. The van der Waals surface area contributed by atoms with Crippen LogP contribution in [0.2, 0.25) is 5.15 Å². The first kappa shape index (κ1) is 15.8. The zero-order valence-corrected chi connectivity index (χ0v) is 12.3. The molecule has 0 unspecified atom stereocenters. The highest BCUT2D eigenvalue weighted by Crippen LogP contribution is 2.19. The van der Waals surface area contributed by atoms with Crippen molar-refractivity contribution in [3.63, 3.8) is 0 Å². The summed E-state index contributed by atoms with van der Waals surface area (Å²) in [6.45, 7) is 0. The second kappa shape index (κ2) is 7.42. The van der Waals surface area contributed by atoms with Crippen LogP contribution in [0.15, 0.2) is 47.7 Å². The highest BCUT2D eigenvalue weighted by molar-refractivity contribution is 6.29. The van der Waals surface area contributed by atoms with Gasteiger partial charge in [-0.3, -0.25) is 0 Å². The molecule has 0 aliphatic heterocycles. The van der Waals surface area contributed by atoms with Crippen molar-refractivity contribution in [3.8, 4) is 18.2 Å². The number of aromatic nitrogens is 2. The Kier molecular flexibility index (Phi) is 5.09. The minimum atomic E-state index is -0.272. The molecule has 7 nitrogen and oxygen atoms in total. The van der Waals surface area contributed by atoms with Crippen molar-refractivity contribution < 1.29 is 0 Å². The van der Waals surface area contributed by atoms with E-state index in [2.05, 4.69) is 20.8 Å². The van der Waals surface area contributed by atoms with Gasteiger partial charge in [0.1, 0.15) is 23.9 Å². The number of nitrogens with one attached hydrogen (secondary N) is 2. The molecule has 0 atom stereocenters. The molecule has 0 saturated carbocycles. The molecule has 0 aliphatic rings. The lowest BCUT2D eigenvalue weighted by Crippen LogP contribution is -2.01. The van der Waals surface area contributed by atoms with E-state index in [4.69, 9.17) is 27.4 Å². The van der Waals surface area contributed by atoms with Crippen molar-refractivity contribution >= 4 is 28.8 Å². The van der Waals surface area contributed by atoms with Gasteiger partial charge in [-0.2, -0.15) is 15.8 Å². The van der Waals surface area contributed by atoms with Crippen LogP contribution in [-0.4, -0.2) is 10.2 Å². The normalized spacial score (nSPS) is 8.96. The van der Waals surface area contributed by atoms with E-state index >= 15 is 0 Å². The molecule has 0 fully saturated rings. The van der Waals surface area contributed by atoms with Crippen LogP contribution in [0.25, 0.3) is 0 Å². The number of hydrogen-bond donors (Lipinski definition) is 2. The predicted molar refractivity (Wildman–Crippen MR) is 84.3 cm³/mol. The predicted octanol–water partition coefficient (Wildman–Crippen LogP) is 3.11. The molecular weight excluding hydrogens is 314 g/mol. The molecule has 23 heavy (non-hydrogen) atoms. The third kappa shape index (κ3) is 4.18. The lowest BCUT2D eigenvalue weighted by atomic mass is 10.2. The van der Waals surface area contributed by atoms with E-state index in [1.165, 1.54) is 0 Å². The van der Waals surface area contributed by atoms with E-state index in [-0.39, 0.29) is 11.3 Å². The first-order chi connectivity index (χ1) is 11.2. The molecule has 0 aliphatic carbocycles. The highest BCUT2D eigenvalue weighted by Gasteiger charge is 2.06. The fourth-order valence-corrected chi connectivity index (χ4v) is 1.70. The maximum absolute atomic E-state index is 8.98. The minimum Gasteiger partial charge on any atom is -0.345 e. The van der Waals surface area contributed by atoms with Crippen LogP contribution in [0.1, 0.15) is 0 Å². The van der Waals surface area contributed by atoms with Crippen LogP contribution in [0, 0.1) is 34.0 Å². The van der Waals surface area contributed by atoms with E-state index in [1.54, 1.807) is 54.6 Å². The van der Waals surface area contributed by atoms with Crippen LogP contribution in [0.3, 0.4) is 0 Å². The van der Waals surface area contributed by atoms with Gasteiger partial charge in [-0.25, -0.2) is 0 Å². The molecule has 0 spiro atoms. The van der Waals surface area contributed by atoms with Gasteiger partial charge >= 0.3 is 0 Å². The van der Waals surface area contributed by atoms with E-state index in [9.17, 15) is 0 Å². The number of benzene rings is 1. The average molecular weight is 322 g/mol. The standard InChI is InChI=1S/C15H8ClN7/c16-14-5-6-15(23-22-14)21-12-3-1-11(2-4-12)20-13(9-19)10(7-17)8-18/h1-6,20H,(H,21,23). The summed E-state index contributed by atoms with van der Waals surface area (Å²) < 4.78 is 0. The Hall–Kier alpha value is -3.60. The first-order valence-corrected chi connectivity index (χ1v) is 6.62. The SMILES string of the molecule is N#CC(C#N)=C(C#N)Nc1ccc(Nc2ccc(Cl)nn2)cc1. The summed E-state index contributed by atoms with van der Waals surface area (Å²) >= 11 is 5.66. The van der Waals surface area contributed by atoms with Gasteiger partial charge in [0.2, 0.25) is 0 Å². The largest absolute Gasteiger partial charge is 0.345 e. The van der Waals surface area contributed by atoms with Gasteiger partial charge in [-0.05, 0) is 36.4 Å². The fourth-order valence-electron chi connectivity index (χ4n) is 1.59. The topological polar surface area (TPSA) is 121 Å². The van der Waals surface area contributed by atoms with Crippen LogP contribution in [0.4, 0.5) is 17.2 Å². The molecule has 2 N–H and O–H groups in total. The lowest BCUT2D eigenvalue weighted by Gasteiger charge is -2.07. The first-order valence-electron chi connectivity index (χ1n) is 6.24. The van der Waals surface area contributed by atoms with Crippen molar-refractivity contribution in [2.24, 2.45) is 0 Å². The van der Waals surface area contributed by atoms with Gasteiger partial charge in [0.05, 0.1) is 0 Å². The molecule has 0 saturated heterocycles. The van der Waals surface area contributed by atoms with E-state index in [0.29, 0.717) is 16.7 Å². The van der Waals surface area contributed by atoms with Crippen LogP contribution < -0.4 is 10.6 Å². The van der Waals surface area contributed by atoms with E-state index in [1.807, 2.05) is 0 Å². The smallest absolute Gasteiger partial charge is 0.163 e. The number of anilines is 3.